The Morgan fingerprint density at radius 3 is 2.58 bits per heavy atom. The first kappa shape index (κ1) is 13.7. The highest BCUT2D eigenvalue weighted by Gasteiger charge is 2.31. The Bertz CT molecular complexity index is 489. The van der Waals surface area contributed by atoms with Crippen molar-refractivity contribution < 1.29 is 9.53 Å². The Hall–Kier alpha value is -1.68. The van der Waals surface area contributed by atoms with Crippen LogP contribution in [0, 0.1) is 0 Å². The van der Waals surface area contributed by atoms with Crippen LogP contribution in [0.15, 0.2) is 29.4 Å². The zero-order chi connectivity index (χ0) is 13.9. The van der Waals surface area contributed by atoms with Gasteiger partial charge >= 0.3 is 0 Å². The Labute approximate surface area is 113 Å². The van der Waals surface area contributed by atoms with Gasteiger partial charge in [0.1, 0.15) is 5.71 Å². The molecule has 102 valence electrons. The summed E-state index contributed by atoms with van der Waals surface area (Å²) in [6, 6.07) is 8.01. The highest BCUT2D eigenvalue weighted by Crippen LogP contribution is 2.20. The molecule has 0 atom stereocenters. The number of ketones is 1. The molecule has 2 rings (SSSR count). The molecule has 0 bridgehead atoms. The van der Waals surface area contributed by atoms with E-state index >= 15 is 0 Å². The molecule has 0 saturated carbocycles. The predicted octanol–water partition coefficient (Wildman–Crippen LogP) is 2.78. The van der Waals surface area contributed by atoms with Crippen LogP contribution < -0.4 is 5.43 Å². The van der Waals surface area contributed by atoms with E-state index < -0.39 is 0 Å². The van der Waals surface area contributed by atoms with Crippen molar-refractivity contribution in [1.29, 1.82) is 0 Å². The highest BCUT2D eigenvalue weighted by atomic mass is 16.5. The number of hydrazone groups is 1. The van der Waals surface area contributed by atoms with E-state index in [9.17, 15) is 4.79 Å². The van der Waals surface area contributed by atoms with Gasteiger partial charge in [-0.1, -0.05) is 19.1 Å². The standard InChI is InChI=1S/C15H20N2O2/c1-4-11-5-7-12(8-6-11)16-17-13-10-19-15(2,3)9-14(13)18/h5-8,16H,4,9-10H2,1-3H3. The zero-order valence-corrected chi connectivity index (χ0v) is 11.7. The Morgan fingerprint density at radius 2 is 2.00 bits per heavy atom. The maximum Gasteiger partial charge on any atom is 0.184 e. The topological polar surface area (TPSA) is 50.7 Å². The molecule has 1 heterocycles. The Kier molecular flexibility index (Phi) is 4.00. The molecule has 0 unspecified atom stereocenters. The minimum atomic E-state index is -0.376. The molecule has 4 heteroatoms. The summed E-state index contributed by atoms with van der Waals surface area (Å²) in [5.74, 6) is 0.0499. The number of Topliss-reactive ketones (excluding diaryl/α,β-unsaturated/α-hetero) is 1. The third-order valence-electron chi connectivity index (χ3n) is 3.19. The third kappa shape index (κ3) is 3.64. The number of hydrogen-bond donors (Lipinski definition) is 1. The normalized spacial score (nSPS) is 20.6. The van der Waals surface area contributed by atoms with Crippen LogP contribution >= 0.6 is 0 Å². The van der Waals surface area contributed by atoms with Gasteiger partial charge in [0.2, 0.25) is 0 Å². The summed E-state index contributed by atoms with van der Waals surface area (Å²) in [6.07, 6.45) is 1.39. The van der Waals surface area contributed by atoms with Crippen LogP contribution in [-0.4, -0.2) is 23.7 Å². The first-order valence-electron chi connectivity index (χ1n) is 6.59. The van der Waals surface area contributed by atoms with E-state index in [0.717, 1.165) is 12.1 Å². The van der Waals surface area contributed by atoms with Gasteiger partial charge in [-0.15, -0.1) is 0 Å². The summed E-state index contributed by atoms with van der Waals surface area (Å²) >= 11 is 0. The molecule has 0 radical (unpaired) electrons. The molecule has 0 spiro atoms. The van der Waals surface area contributed by atoms with Crippen molar-refractivity contribution in [2.45, 2.75) is 39.2 Å². The lowest BCUT2D eigenvalue weighted by molar-refractivity contribution is -0.122. The van der Waals surface area contributed by atoms with Gasteiger partial charge in [0.05, 0.1) is 17.9 Å². The van der Waals surface area contributed by atoms with Crippen molar-refractivity contribution in [3.8, 4) is 0 Å². The number of nitrogens with zero attached hydrogens (tertiary/aromatic N) is 1. The minimum Gasteiger partial charge on any atom is -0.369 e. The summed E-state index contributed by atoms with van der Waals surface area (Å²) in [5, 5.41) is 4.15. The SMILES string of the molecule is CCc1ccc(NN=C2COC(C)(C)CC2=O)cc1. The number of ether oxygens (including phenoxy) is 1. The molecule has 1 aliphatic heterocycles. The lowest BCUT2D eigenvalue weighted by Crippen LogP contribution is -2.40. The number of hydrogen-bond acceptors (Lipinski definition) is 4. The van der Waals surface area contributed by atoms with Crippen molar-refractivity contribution >= 4 is 17.2 Å². The molecule has 0 aromatic heterocycles. The van der Waals surface area contributed by atoms with E-state index in [2.05, 4.69) is 17.5 Å². The maximum absolute atomic E-state index is 11.9. The van der Waals surface area contributed by atoms with E-state index in [-0.39, 0.29) is 18.0 Å². The van der Waals surface area contributed by atoms with E-state index in [1.807, 2.05) is 38.1 Å². The minimum absolute atomic E-state index is 0.0499. The van der Waals surface area contributed by atoms with E-state index in [1.54, 1.807) is 0 Å². The van der Waals surface area contributed by atoms with Crippen LogP contribution in [0.3, 0.4) is 0 Å². The molecule has 1 aliphatic rings. The van der Waals surface area contributed by atoms with Crippen molar-refractivity contribution in [2.24, 2.45) is 5.10 Å². The monoisotopic (exact) mass is 260 g/mol. The smallest absolute Gasteiger partial charge is 0.184 e. The van der Waals surface area contributed by atoms with E-state index in [4.69, 9.17) is 4.74 Å². The molecule has 1 aromatic rings. The highest BCUT2D eigenvalue weighted by molar-refractivity contribution is 6.41. The Morgan fingerprint density at radius 1 is 1.32 bits per heavy atom. The lowest BCUT2D eigenvalue weighted by Gasteiger charge is -2.29. The summed E-state index contributed by atoms with van der Waals surface area (Å²) < 4.78 is 5.58. The zero-order valence-electron chi connectivity index (χ0n) is 11.7. The van der Waals surface area contributed by atoms with Crippen LogP contribution in [0.1, 0.15) is 32.8 Å². The van der Waals surface area contributed by atoms with E-state index in [0.29, 0.717) is 12.1 Å². The van der Waals surface area contributed by atoms with Crippen molar-refractivity contribution in [3.63, 3.8) is 0 Å². The van der Waals surface area contributed by atoms with Gasteiger partial charge in [0, 0.05) is 6.42 Å². The second-order valence-corrected chi connectivity index (χ2v) is 5.37. The number of benzene rings is 1. The average Bonchev–Trinajstić information content (AvgIpc) is 2.37. The van der Waals surface area contributed by atoms with Gasteiger partial charge in [-0.3, -0.25) is 10.2 Å². The fourth-order valence-corrected chi connectivity index (χ4v) is 1.93. The lowest BCUT2D eigenvalue weighted by atomic mass is 9.96. The molecule has 1 saturated heterocycles. The number of carbonyl (C=O) groups is 1. The van der Waals surface area contributed by atoms with Crippen molar-refractivity contribution in [3.05, 3.63) is 29.8 Å². The van der Waals surface area contributed by atoms with Gasteiger partial charge in [0.25, 0.3) is 0 Å². The fraction of sp³-hybridized carbons (Fsp3) is 0.467. The predicted molar refractivity (Wildman–Crippen MR) is 76.5 cm³/mol. The number of rotatable bonds is 3. The van der Waals surface area contributed by atoms with Gasteiger partial charge in [-0.25, -0.2) is 0 Å². The first-order valence-corrected chi connectivity index (χ1v) is 6.59. The summed E-state index contributed by atoms with van der Waals surface area (Å²) in [4.78, 5) is 11.9. The summed E-state index contributed by atoms with van der Waals surface area (Å²) in [5.41, 5.74) is 5.14. The Balaban J connectivity index is 2.00. The van der Waals surface area contributed by atoms with Crippen molar-refractivity contribution in [1.82, 2.24) is 0 Å². The van der Waals surface area contributed by atoms with E-state index in [1.165, 1.54) is 5.56 Å². The second-order valence-electron chi connectivity index (χ2n) is 5.37. The molecular weight excluding hydrogens is 240 g/mol. The number of carbonyl (C=O) groups excluding carboxylic acids is 1. The molecule has 0 aliphatic carbocycles. The molecular formula is C15H20N2O2. The van der Waals surface area contributed by atoms with Crippen molar-refractivity contribution in [2.75, 3.05) is 12.0 Å². The van der Waals surface area contributed by atoms with Crippen LogP contribution in [0.25, 0.3) is 0 Å². The number of aryl methyl sites for hydroxylation is 1. The quantitative estimate of drug-likeness (QED) is 0.850. The average molecular weight is 260 g/mol. The van der Waals surface area contributed by atoms with Gasteiger partial charge < -0.3 is 4.74 Å². The maximum atomic E-state index is 11.9. The van der Waals surface area contributed by atoms with Gasteiger partial charge in [-0.2, -0.15) is 5.10 Å². The first-order chi connectivity index (χ1) is 9.00. The third-order valence-corrected chi connectivity index (χ3v) is 3.19. The van der Waals surface area contributed by atoms with Crippen LogP contribution in [0.4, 0.5) is 5.69 Å². The second kappa shape index (κ2) is 5.53. The molecule has 19 heavy (non-hydrogen) atoms. The van der Waals surface area contributed by atoms with Crippen LogP contribution in [0.5, 0.6) is 0 Å². The number of anilines is 1. The van der Waals surface area contributed by atoms with Gasteiger partial charge in [-0.05, 0) is 38.0 Å². The fourth-order valence-electron chi connectivity index (χ4n) is 1.93. The molecule has 4 nitrogen and oxygen atoms in total. The largest absolute Gasteiger partial charge is 0.369 e. The molecule has 0 amide bonds. The number of nitrogens with one attached hydrogen (secondary N) is 1. The molecule has 1 N–H and O–H groups in total. The van der Waals surface area contributed by atoms with Crippen LogP contribution in [-0.2, 0) is 16.0 Å². The molecule has 1 fully saturated rings. The van der Waals surface area contributed by atoms with Gasteiger partial charge in [0.15, 0.2) is 5.78 Å². The summed E-state index contributed by atoms with van der Waals surface area (Å²) in [7, 11) is 0. The van der Waals surface area contributed by atoms with Crippen LogP contribution in [0.2, 0.25) is 0 Å². The summed E-state index contributed by atoms with van der Waals surface area (Å²) in [6.45, 7) is 6.21. The molecule has 1 aromatic carbocycles.